The van der Waals surface area contributed by atoms with Gasteiger partial charge in [-0.15, -0.1) is 0 Å². The minimum Gasteiger partial charge on any atom is -0.466 e. The predicted octanol–water partition coefficient (Wildman–Crippen LogP) is 2.83. The molecule has 1 fully saturated rings. The summed E-state index contributed by atoms with van der Waals surface area (Å²) in [6.45, 7) is -0.711. The van der Waals surface area contributed by atoms with Crippen molar-refractivity contribution in [1.82, 2.24) is 5.06 Å². The van der Waals surface area contributed by atoms with Gasteiger partial charge in [-0.3, -0.25) is 9.63 Å². The number of carbonyl (C=O) groups excluding carboxylic acids is 1. The summed E-state index contributed by atoms with van der Waals surface area (Å²) in [6, 6.07) is 2.30. The molecule has 0 spiro atoms. The fourth-order valence-corrected chi connectivity index (χ4v) is 2.30. The number of allylic oxidation sites excluding steroid dienone is 1. The average Bonchev–Trinajstić information content (AvgIpc) is 3.14. The largest absolute Gasteiger partial charge is 0.466 e. The van der Waals surface area contributed by atoms with E-state index in [1.807, 2.05) is 0 Å². The summed E-state index contributed by atoms with van der Waals surface area (Å²) in [5.41, 5.74) is -0.546. The topological polar surface area (TPSA) is 42.0 Å². The molecule has 1 amide bonds. The summed E-state index contributed by atoms with van der Waals surface area (Å²) < 4.78 is 70.3. The average molecular weight is 350 g/mol. The van der Waals surface area contributed by atoms with Crippen LogP contribution in [0, 0.1) is 11.6 Å². The van der Waals surface area contributed by atoms with Crippen LogP contribution in [-0.4, -0.2) is 30.5 Å². The number of amides is 1. The molecule has 1 aromatic rings. The smallest absolute Gasteiger partial charge is 0.450 e. The minimum absolute atomic E-state index is 0.147. The molecule has 0 unspecified atom stereocenters. The normalized spacial score (nSPS) is 18.2. The van der Waals surface area contributed by atoms with Crippen LogP contribution >= 0.6 is 0 Å². The maximum Gasteiger partial charge on any atom is 0.450 e. The molecule has 130 valence electrons. The summed E-state index contributed by atoms with van der Waals surface area (Å²) in [7, 11) is 0. The number of anilines is 1. The van der Waals surface area contributed by atoms with Gasteiger partial charge in [-0.1, -0.05) is 6.07 Å². The standard InChI is InChI=1S/C14H11F5N2O3/c15-12-8(5-21-11(22)3-4-24-21)1-2-9(13(12)16)20-6-10(23-7-20)14(17,18)19/h1-2,6H,3-5,7H2. The lowest BCUT2D eigenvalue weighted by atomic mass is 10.1. The highest BCUT2D eigenvalue weighted by molar-refractivity contribution is 5.76. The Balaban J connectivity index is 1.83. The van der Waals surface area contributed by atoms with Crippen molar-refractivity contribution in [3.05, 3.63) is 41.3 Å². The molecule has 1 aromatic carbocycles. The highest BCUT2D eigenvalue weighted by Crippen LogP contribution is 2.34. The SMILES string of the molecule is O=C1CCON1Cc1ccc(N2C=C(C(F)(F)F)OC2)c(F)c1F. The Labute approximate surface area is 132 Å². The number of nitrogens with zero attached hydrogens (tertiary/aromatic N) is 2. The second-order valence-electron chi connectivity index (χ2n) is 5.12. The molecule has 0 aromatic heterocycles. The highest BCUT2D eigenvalue weighted by atomic mass is 19.4. The van der Waals surface area contributed by atoms with Gasteiger partial charge >= 0.3 is 6.18 Å². The number of hydrogen-bond donors (Lipinski definition) is 0. The first kappa shape index (κ1) is 16.5. The fraction of sp³-hybridized carbons (Fsp3) is 0.357. The third-order valence-electron chi connectivity index (χ3n) is 3.52. The van der Waals surface area contributed by atoms with Crippen molar-refractivity contribution in [2.75, 3.05) is 18.2 Å². The summed E-state index contributed by atoms with van der Waals surface area (Å²) in [6.07, 6.45) is -4.00. The van der Waals surface area contributed by atoms with Gasteiger partial charge in [0.1, 0.15) is 0 Å². The Hall–Kier alpha value is -2.36. The van der Waals surface area contributed by atoms with Gasteiger partial charge in [0.05, 0.1) is 31.5 Å². The maximum atomic E-state index is 14.2. The van der Waals surface area contributed by atoms with Crippen LogP contribution in [-0.2, 0) is 20.9 Å². The Morgan fingerprint density at radius 2 is 1.92 bits per heavy atom. The van der Waals surface area contributed by atoms with E-state index in [0.717, 1.165) is 16.0 Å². The van der Waals surface area contributed by atoms with E-state index in [1.165, 1.54) is 6.07 Å². The Morgan fingerprint density at radius 1 is 1.17 bits per heavy atom. The second-order valence-corrected chi connectivity index (χ2v) is 5.12. The third-order valence-corrected chi connectivity index (χ3v) is 3.52. The van der Waals surface area contributed by atoms with Crippen LogP contribution in [0.5, 0.6) is 0 Å². The molecule has 10 heteroatoms. The number of hydrogen-bond acceptors (Lipinski definition) is 4. The van der Waals surface area contributed by atoms with E-state index in [-0.39, 0.29) is 31.0 Å². The maximum absolute atomic E-state index is 14.2. The highest BCUT2D eigenvalue weighted by Gasteiger charge is 2.40. The van der Waals surface area contributed by atoms with Crippen molar-refractivity contribution >= 4 is 11.6 Å². The van der Waals surface area contributed by atoms with E-state index in [9.17, 15) is 26.7 Å². The number of alkyl halides is 3. The molecule has 1 saturated heterocycles. The zero-order valence-corrected chi connectivity index (χ0v) is 12.1. The van der Waals surface area contributed by atoms with Crippen molar-refractivity contribution in [3.8, 4) is 0 Å². The quantitative estimate of drug-likeness (QED) is 0.787. The minimum atomic E-state index is -4.71. The molecule has 0 radical (unpaired) electrons. The summed E-state index contributed by atoms with van der Waals surface area (Å²) >= 11 is 0. The molecule has 3 rings (SSSR count). The Morgan fingerprint density at radius 3 is 2.50 bits per heavy atom. The van der Waals surface area contributed by atoms with Crippen LogP contribution < -0.4 is 4.90 Å². The lowest BCUT2D eigenvalue weighted by Crippen LogP contribution is -2.24. The van der Waals surface area contributed by atoms with Crippen LogP contribution in [0.4, 0.5) is 27.6 Å². The lowest BCUT2D eigenvalue weighted by molar-refractivity contribution is -0.164. The van der Waals surface area contributed by atoms with Gasteiger partial charge in [0.2, 0.25) is 11.7 Å². The molecule has 24 heavy (non-hydrogen) atoms. The first-order valence-electron chi connectivity index (χ1n) is 6.86. The molecule has 0 saturated carbocycles. The van der Waals surface area contributed by atoms with Crippen molar-refractivity contribution in [2.45, 2.75) is 19.1 Å². The van der Waals surface area contributed by atoms with E-state index in [0.29, 0.717) is 6.20 Å². The first-order valence-corrected chi connectivity index (χ1v) is 6.86. The van der Waals surface area contributed by atoms with Crippen LogP contribution in [0.25, 0.3) is 0 Å². The Bertz CT molecular complexity index is 704. The van der Waals surface area contributed by atoms with Crippen LogP contribution in [0.1, 0.15) is 12.0 Å². The lowest BCUT2D eigenvalue weighted by Gasteiger charge is -2.18. The zero-order chi connectivity index (χ0) is 17.5. The van der Waals surface area contributed by atoms with E-state index in [1.54, 1.807) is 0 Å². The number of rotatable bonds is 3. The van der Waals surface area contributed by atoms with E-state index in [4.69, 9.17) is 4.84 Å². The number of carbonyl (C=O) groups is 1. The van der Waals surface area contributed by atoms with Crippen LogP contribution in [0.3, 0.4) is 0 Å². The molecule has 2 heterocycles. The fourth-order valence-electron chi connectivity index (χ4n) is 2.30. The number of benzene rings is 1. The van der Waals surface area contributed by atoms with Crippen molar-refractivity contribution < 1.29 is 36.3 Å². The zero-order valence-electron chi connectivity index (χ0n) is 12.1. The van der Waals surface area contributed by atoms with Crippen molar-refractivity contribution in [1.29, 1.82) is 0 Å². The van der Waals surface area contributed by atoms with Crippen LogP contribution in [0.15, 0.2) is 24.1 Å². The van der Waals surface area contributed by atoms with Crippen LogP contribution in [0.2, 0.25) is 0 Å². The van der Waals surface area contributed by atoms with Gasteiger partial charge in [-0.05, 0) is 6.07 Å². The molecule has 0 bridgehead atoms. The summed E-state index contributed by atoms with van der Waals surface area (Å²) in [4.78, 5) is 17.2. The molecule has 5 nitrogen and oxygen atoms in total. The summed E-state index contributed by atoms with van der Waals surface area (Å²) in [5, 5.41) is 0.915. The molecular weight excluding hydrogens is 339 g/mol. The molecule has 2 aliphatic rings. The van der Waals surface area contributed by atoms with Crippen molar-refractivity contribution in [2.24, 2.45) is 0 Å². The van der Waals surface area contributed by atoms with E-state index >= 15 is 0 Å². The first-order chi connectivity index (χ1) is 11.3. The van der Waals surface area contributed by atoms with Gasteiger partial charge in [0, 0.05) is 5.56 Å². The molecule has 0 aliphatic carbocycles. The van der Waals surface area contributed by atoms with Gasteiger partial charge in [-0.25, -0.2) is 13.8 Å². The molecule has 0 atom stereocenters. The van der Waals surface area contributed by atoms with Gasteiger partial charge in [0.15, 0.2) is 18.4 Å². The van der Waals surface area contributed by atoms with E-state index < -0.39 is 36.0 Å². The second kappa shape index (κ2) is 5.93. The summed E-state index contributed by atoms with van der Waals surface area (Å²) in [5.74, 6) is -4.24. The van der Waals surface area contributed by atoms with Gasteiger partial charge in [0.25, 0.3) is 0 Å². The van der Waals surface area contributed by atoms with Gasteiger partial charge in [-0.2, -0.15) is 13.2 Å². The van der Waals surface area contributed by atoms with Crippen molar-refractivity contribution in [3.63, 3.8) is 0 Å². The molecule has 2 aliphatic heterocycles. The van der Waals surface area contributed by atoms with E-state index in [2.05, 4.69) is 4.74 Å². The van der Waals surface area contributed by atoms with Gasteiger partial charge < -0.3 is 9.64 Å². The molecule has 0 N–H and O–H groups in total. The number of ether oxygens (including phenoxy) is 1. The third kappa shape index (κ3) is 3.01. The Kier molecular flexibility index (Phi) is 4.08. The predicted molar refractivity (Wildman–Crippen MR) is 70.0 cm³/mol. The number of hydroxylamine groups is 2. The monoisotopic (exact) mass is 350 g/mol. The number of halogens is 5. The molecular formula is C14H11F5N2O3.